The van der Waals surface area contributed by atoms with E-state index >= 15 is 0 Å². The van der Waals surface area contributed by atoms with E-state index in [9.17, 15) is 14.0 Å². The fourth-order valence-electron chi connectivity index (χ4n) is 3.29. The van der Waals surface area contributed by atoms with Crippen molar-refractivity contribution in [3.63, 3.8) is 0 Å². The van der Waals surface area contributed by atoms with Crippen molar-refractivity contribution >= 4 is 12.0 Å². The van der Waals surface area contributed by atoms with Crippen LogP contribution >= 0.6 is 0 Å². The van der Waals surface area contributed by atoms with E-state index in [-0.39, 0.29) is 43.4 Å². The lowest BCUT2D eigenvalue weighted by Gasteiger charge is -2.23. The van der Waals surface area contributed by atoms with Gasteiger partial charge in [-0.15, -0.1) is 0 Å². The molecular formula is C24H37FN2O5. The lowest BCUT2D eigenvalue weighted by molar-refractivity contribution is -0.127. The van der Waals surface area contributed by atoms with Gasteiger partial charge in [-0.2, -0.15) is 0 Å². The number of carbonyl (C=O) groups excluding carboxylic acids is 2. The summed E-state index contributed by atoms with van der Waals surface area (Å²) in [5, 5.41) is 2.60. The van der Waals surface area contributed by atoms with Crippen LogP contribution in [-0.2, 0) is 14.3 Å². The standard InChI is InChI=1S/C22H31FN2O5.C2H6/c1-4-21(26)25-10-5-6-18(25)15-30-22(27)24-9-11-28-12-13-29-20-14-17(23)7-8-19(20)16(2)3;1-2/h4,7-8,14,16,18H,1,5-6,9-13,15H2,2-3H3,(H,24,27);1-2H3. The molecule has 0 aliphatic carbocycles. The molecule has 32 heavy (non-hydrogen) atoms. The van der Waals surface area contributed by atoms with Gasteiger partial charge in [-0.25, -0.2) is 9.18 Å². The highest BCUT2D eigenvalue weighted by Gasteiger charge is 2.28. The van der Waals surface area contributed by atoms with E-state index < -0.39 is 6.09 Å². The van der Waals surface area contributed by atoms with Crippen LogP contribution in [0.3, 0.4) is 0 Å². The molecule has 1 atom stereocenters. The monoisotopic (exact) mass is 452 g/mol. The third-order valence-electron chi connectivity index (χ3n) is 4.84. The van der Waals surface area contributed by atoms with E-state index in [4.69, 9.17) is 14.2 Å². The minimum absolute atomic E-state index is 0.104. The molecule has 180 valence electrons. The van der Waals surface area contributed by atoms with Crippen molar-refractivity contribution in [2.45, 2.75) is 52.5 Å². The fourth-order valence-corrected chi connectivity index (χ4v) is 3.29. The van der Waals surface area contributed by atoms with E-state index in [0.29, 0.717) is 25.5 Å². The van der Waals surface area contributed by atoms with E-state index in [1.165, 1.54) is 18.2 Å². The zero-order chi connectivity index (χ0) is 23.9. The summed E-state index contributed by atoms with van der Waals surface area (Å²) >= 11 is 0. The Morgan fingerprint density at radius 1 is 1.28 bits per heavy atom. The maximum atomic E-state index is 13.4. The molecule has 2 amide bonds. The molecule has 0 aromatic heterocycles. The lowest BCUT2D eigenvalue weighted by Crippen LogP contribution is -2.39. The second-order valence-corrected chi connectivity index (χ2v) is 7.35. The molecule has 1 aromatic rings. The number of nitrogens with zero attached hydrogens (tertiary/aromatic N) is 1. The van der Waals surface area contributed by atoms with Crippen LogP contribution < -0.4 is 10.1 Å². The van der Waals surface area contributed by atoms with Crippen LogP contribution in [0.1, 0.15) is 52.0 Å². The smallest absolute Gasteiger partial charge is 0.407 e. The Morgan fingerprint density at radius 3 is 2.72 bits per heavy atom. The average molecular weight is 453 g/mol. The molecule has 1 aliphatic heterocycles. The first-order valence-corrected chi connectivity index (χ1v) is 11.3. The topological polar surface area (TPSA) is 77.1 Å². The van der Waals surface area contributed by atoms with Gasteiger partial charge in [0.05, 0.1) is 19.3 Å². The normalized spacial score (nSPS) is 15.1. The number of benzene rings is 1. The van der Waals surface area contributed by atoms with Gasteiger partial charge in [0.2, 0.25) is 5.91 Å². The number of hydrogen-bond acceptors (Lipinski definition) is 5. The fraction of sp³-hybridized carbons (Fsp3) is 0.583. The zero-order valence-electron chi connectivity index (χ0n) is 19.7. The van der Waals surface area contributed by atoms with Crippen LogP contribution in [0, 0.1) is 5.82 Å². The Hall–Kier alpha value is -2.61. The average Bonchev–Trinajstić information content (AvgIpc) is 3.26. The van der Waals surface area contributed by atoms with Crippen molar-refractivity contribution < 1.29 is 28.2 Å². The number of amides is 2. The molecule has 0 bridgehead atoms. The molecule has 1 saturated heterocycles. The number of carbonyl (C=O) groups is 2. The van der Waals surface area contributed by atoms with Gasteiger partial charge in [-0.3, -0.25) is 4.79 Å². The third-order valence-corrected chi connectivity index (χ3v) is 4.84. The van der Waals surface area contributed by atoms with Crippen molar-refractivity contribution in [2.75, 3.05) is 39.5 Å². The number of alkyl carbamates (subject to hydrolysis) is 1. The number of hydrogen-bond donors (Lipinski definition) is 1. The summed E-state index contributed by atoms with van der Waals surface area (Å²) in [6.45, 7) is 13.5. The molecule has 1 aliphatic rings. The van der Waals surface area contributed by atoms with Gasteiger partial charge < -0.3 is 24.4 Å². The summed E-state index contributed by atoms with van der Waals surface area (Å²) < 4.78 is 29.7. The molecule has 2 rings (SSSR count). The summed E-state index contributed by atoms with van der Waals surface area (Å²) in [7, 11) is 0. The van der Waals surface area contributed by atoms with Gasteiger partial charge in [0, 0.05) is 19.2 Å². The van der Waals surface area contributed by atoms with Crippen LogP contribution in [0.2, 0.25) is 0 Å². The Bertz CT molecular complexity index is 726. The van der Waals surface area contributed by atoms with Gasteiger partial charge in [0.25, 0.3) is 0 Å². The predicted molar refractivity (Wildman–Crippen MR) is 122 cm³/mol. The first kappa shape index (κ1) is 27.4. The molecule has 1 aromatic carbocycles. The molecule has 1 heterocycles. The van der Waals surface area contributed by atoms with Crippen LogP contribution in [0.25, 0.3) is 0 Å². The summed E-state index contributed by atoms with van der Waals surface area (Å²) in [5.74, 6) is 0.262. The number of ether oxygens (including phenoxy) is 3. The van der Waals surface area contributed by atoms with E-state index in [0.717, 1.165) is 18.4 Å². The Balaban J connectivity index is 0.00000249. The van der Waals surface area contributed by atoms with Gasteiger partial charge in [-0.1, -0.05) is 40.3 Å². The number of halogens is 1. The van der Waals surface area contributed by atoms with Crippen molar-refractivity contribution in [1.82, 2.24) is 10.2 Å². The SMILES string of the molecule is C=CC(=O)N1CCCC1COC(=O)NCCOCCOc1cc(F)ccc1C(C)C.CC. The van der Waals surface area contributed by atoms with E-state index in [1.807, 2.05) is 27.7 Å². The molecule has 0 spiro atoms. The Labute approximate surface area is 190 Å². The highest BCUT2D eigenvalue weighted by atomic mass is 19.1. The minimum Gasteiger partial charge on any atom is -0.491 e. The van der Waals surface area contributed by atoms with Gasteiger partial charge >= 0.3 is 6.09 Å². The Kier molecular flexibility index (Phi) is 13.1. The third kappa shape index (κ3) is 9.26. The van der Waals surface area contributed by atoms with Gasteiger partial charge in [0.15, 0.2) is 0 Å². The summed E-state index contributed by atoms with van der Waals surface area (Å²) in [5.41, 5.74) is 0.941. The van der Waals surface area contributed by atoms with Crippen molar-refractivity contribution in [3.05, 3.63) is 42.2 Å². The van der Waals surface area contributed by atoms with Crippen LogP contribution in [0.15, 0.2) is 30.9 Å². The molecule has 1 fully saturated rings. The lowest BCUT2D eigenvalue weighted by atomic mass is 10.0. The van der Waals surface area contributed by atoms with Crippen LogP contribution in [0.4, 0.5) is 9.18 Å². The molecule has 0 saturated carbocycles. The van der Waals surface area contributed by atoms with Crippen molar-refractivity contribution in [1.29, 1.82) is 0 Å². The molecule has 1 unspecified atom stereocenters. The van der Waals surface area contributed by atoms with Gasteiger partial charge in [-0.05, 0) is 36.5 Å². The molecule has 8 heteroatoms. The minimum atomic E-state index is -0.547. The first-order valence-electron chi connectivity index (χ1n) is 11.3. The van der Waals surface area contributed by atoms with E-state index in [2.05, 4.69) is 11.9 Å². The van der Waals surface area contributed by atoms with Crippen molar-refractivity contribution in [3.8, 4) is 5.75 Å². The number of rotatable bonds is 11. The largest absolute Gasteiger partial charge is 0.491 e. The quantitative estimate of drug-likeness (QED) is 0.401. The summed E-state index contributed by atoms with van der Waals surface area (Å²) in [6.07, 6.45) is 2.42. The van der Waals surface area contributed by atoms with E-state index in [1.54, 1.807) is 11.0 Å². The van der Waals surface area contributed by atoms with Crippen molar-refractivity contribution in [2.24, 2.45) is 0 Å². The molecule has 0 radical (unpaired) electrons. The van der Waals surface area contributed by atoms with Crippen LogP contribution in [-0.4, -0.2) is 62.5 Å². The Morgan fingerprint density at radius 2 is 2.03 bits per heavy atom. The predicted octanol–water partition coefficient (Wildman–Crippen LogP) is 4.27. The summed E-state index contributed by atoms with van der Waals surface area (Å²) in [6, 6.07) is 4.42. The molecule has 1 N–H and O–H groups in total. The second-order valence-electron chi connectivity index (χ2n) is 7.35. The summed E-state index contributed by atoms with van der Waals surface area (Å²) in [4.78, 5) is 25.2. The number of likely N-dealkylation sites (tertiary alicyclic amines) is 1. The highest BCUT2D eigenvalue weighted by molar-refractivity contribution is 5.87. The zero-order valence-corrected chi connectivity index (χ0v) is 19.7. The maximum absolute atomic E-state index is 13.4. The molecular weight excluding hydrogens is 415 g/mol. The molecule has 7 nitrogen and oxygen atoms in total. The first-order chi connectivity index (χ1) is 15.4. The number of nitrogens with one attached hydrogen (secondary N) is 1. The second kappa shape index (κ2) is 15.2. The highest BCUT2D eigenvalue weighted by Crippen LogP contribution is 2.27. The van der Waals surface area contributed by atoms with Crippen LogP contribution in [0.5, 0.6) is 5.75 Å². The van der Waals surface area contributed by atoms with Gasteiger partial charge in [0.1, 0.15) is 24.8 Å². The maximum Gasteiger partial charge on any atom is 0.407 e.